The predicted molar refractivity (Wildman–Crippen MR) is 72.8 cm³/mol. The molecule has 1 amide bonds. The summed E-state index contributed by atoms with van der Waals surface area (Å²) in [7, 11) is 1.60. The quantitative estimate of drug-likeness (QED) is 0.839. The minimum Gasteiger partial charge on any atom is -0.497 e. The first kappa shape index (κ1) is 14.5. The Morgan fingerprint density at radius 3 is 2.72 bits per heavy atom. The lowest BCUT2D eigenvalue weighted by Gasteiger charge is -2.26. The van der Waals surface area contributed by atoms with E-state index in [1.54, 1.807) is 13.2 Å². The predicted octanol–water partition coefficient (Wildman–Crippen LogP) is 1.89. The van der Waals surface area contributed by atoms with Crippen molar-refractivity contribution >= 4 is 5.91 Å². The Morgan fingerprint density at radius 1 is 1.44 bits per heavy atom. The molecule has 0 aliphatic rings. The van der Waals surface area contributed by atoms with E-state index in [2.05, 4.69) is 0 Å². The molecule has 18 heavy (non-hydrogen) atoms. The molecule has 0 heterocycles. The van der Waals surface area contributed by atoms with Crippen molar-refractivity contribution < 1.29 is 9.53 Å². The Bertz CT molecular complexity index is 391. The fraction of sp³-hybridized carbons (Fsp3) is 0.500. The van der Waals surface area contributed by atoms with E-state index in [0.29, 0.717) is 24.4 Å². The number of benzene rings is 1. The Kier molecular flexibility index (Phi) is 5.65. The van der Waals surface area contributed by atoms with Gasteiger partial charge in [0.25, 0.3) is 5.91 Å². The molecule has 0 radical (unpaired) electrons. The minimum absolute atomic E-state index is 0.0253. The molecule has 1 aromatic carbocycles. The normalized spacial score (nSPS) is 10.5. The highest BCUT2D eigenvalue weighted by molar-refractivity contribution is 5.94. The molecular weight excluding hydrogens is 228 g/mol. The van der Waals surface area contributed by atoms with Crippen LogP contribution in [0.3, 0.4) is 0 Å². The average molecular weight is 250 g/mol. The average Bonchev–Trinajstić information content (AvgIpc) is 2.38. The fourth-order valence-electron chi connectivity index (χ4n) is 1.78. The van der Waals surface area contributed by atoms with Crippen LogP contribution in [0.15, 0.2) is 24.3 Å². The van der Waals surface area contributed by atoms with Gasteiger partial charge in [-0.25, -0.2) is 0 Å². The summed E-state index contributed by atoms with van der Waals surface area (Å²) < 4.78 is 5.14. The summed E-state index contributed by atoms with van der Waals surface area (Å²) in [6.45, 7) is 5.29. The lowest BCUT2D eigenvalue weighted by atomic mass is 10.1. The highest BCUT2D eigenvalue weighted by atomic mass is 16.5. The van der Waals surface area contributed by atoms with Crippen molar-refractivity contribution in [3.8, 4) is 5.75 Å². The topological polar surface area (TPSA) is 55.6 Å². The number of carbonyl (C=O) groups excluding carboxylic acids is 1. The van der Waals surface area contributed by atoms with E-state index in [9.17, 15) is 4.79 Å². The molecule has 0 spiro atoms. The summed E-state index contributed by atoms with van der Waals surface area (Å²) in [6, 6.07) is 7.39. The molecule has 2 N–H and O–H groups in total. The maximum atomic E-state index is 12.4. The molecule has 0 unspecified atom stereocenters. The summed E-state index contributed by atoms with van der Waals surface area (Å²) in [5.41, 5.74) is 6.16. The monoisotopic (exact) mass is 250 g/mol. The van der Waals surface area contributed by atoms with E-state index >= 15 is 0 Å². The molecule has 0 fully saturated rings. The summed E-state index contributed by atoms with van der Waals surface area (Å²) >= 11 is 0. The van der Waals surface area contributed by atoms with Gasteiger partial charge in [-0.1, -0.05) is 6.07 Å². The molecule has 1 rings (SSSR count). The zero-order valence-electron chi connectivity index (χ0n) is 11.3. The largest absolute Gasteiger partial charge is 0.497 e. The third-order valence-electron chi connectivity index (χ3n) is 2.80. The van der Waals surface area contributed by atoms with Crippen molar-refractivity contribution in [3.05, 3.63) is 29.8 Å². The van der Waals surface area contributed by atoms with E-state index in [1.807, 2.05) is 36.9 Å². The van der Waals surface area contributed by atoms with E-state index in [4.69, 9.17) is 10.5 Å². The van der Waals surface area contributed by atoms with Gasteiger partial charge in [-0.05, 0) is 45.0 Å². The Morgan fingerprint density at radius 2 is 2.17 bits per heavy atom. The number of hydrogen-bond acceptors (Lipinski definition) is 3. The molecule has 100 valence electrons. The highest BCUT2D eigenvalue weighted by Crippen LogP contribution is 2.15. The van der Waals surface area contributed by atoms with Crippen LogP contribution in [0, 0.1) is 0 Å². The molecule has 0 aromatic heterocycles. The molecule has 0 atom stereocenters. The van der Waals surface area contributed by atoms with Gasteiger partial charge < -0.3 is 15.4 Å². The van der Waals surface area contributed by atoms with Crippen LogP contribution < -0.4 is 10.5 Å². The van der Waals surface area contributed by atoms with Crippen LogP contribution in [0.4, 0.5) is 0 Å². The van der Waals surface area contributed by atoms with Crippen LogP contribution in [0.25, 0.3) is 0 Å². The summed E-state index contributed by atoms with van der Waals surface area (Å²) in [5.74, 6) is 0.723. The molecule has 0 aliphatic heterocycles. The molecule has 0 saturated carbocycles. The fourth-order valence-corrected chi connectivity index (χ4v) is 1.78. The van der Waals surface area contributed by atoms with E-state index in [1.165, 1.54) is 0 Å². The molecule has 0 saturated heterocycles. The Balaban J connectivity index is 2.87. The summed E-state index contributed by atoms with van der Waals surface area (Å²) in [6.07, 6.45) is 0.813. The summed E-state index contributed by atoms with van der Waals surface area (Å²) in [5, 5.41) is 0. The minimum atomic E-state index is 0.0253. The first-order valence-corrected chi connectivity index (χ1v) is 6.25. The molecule has 1 aromatic rings. The third kappa shape index (κ3) is 3.74. The van der Waals surface area contributed by atoms with Gasteiger partial charge in [-0.3, -0.25) is 4.79 Å². The molecule has 4 heteroatoms. The number of methoxy groups -OCH3 is 1. The van der Waals surface area contributed by atoms with Crippen molar-refractivity contribution in [3.63, 3.8) is 0 Å². The Hall–Kier alpha value is -1.55. The molecular formula is C14H22N2O2. The number of rotatable bonds is 6. The van der Waals surface area contributed by atoms with Gasteiger partial charge in [0.15, 0.2) is 0 Å². The lowest BCUT2D eigenvalue weighted by molar-refractivity contribution is 0.0704. The Labute approximate surface area is 109 Å². The van der Waals surface area contributed by atoms with E-state index in [-0.39, 0.29) is 11.9 Å². The summed E-state index contributed by atoms with van der Waals surface area (Å²) in [4.78, 5) is 14.2. The number of nitrogens with zero attached hydrogens (tertiary/aromatic N) is 1. The van der Waals surface area contributed by atoms with Gasteiger partial charge in [-0.2, -0.15) is 0 Å². The first-order chi connectivity index (χ1) is 8.60. The van der Waals surface area contributed by atoms with Gasteiger partial charge in [0.1, 0.15) is 5.75 Å². The smallest absolute Gasteiger partial charge is 0.254 e. The van der Waals surface area contributed by atoms with Crippen LogP contribution in [-0.2, 0) is 0 Å². The van der Waals surface area contributed by atoms with Gasteiger partial charge >= 0.3 is 0 Å². The van der Waals surface area contributed by atoms with Crippen molar-refractivity contribution in [2.75, 3.05) is 20.2 Å². The van der Waals surface area contributed by atoms with Gasteiger partial charge in [0.2, 0.25) is 0 Å². The number of ether oxygens (including phenoxy) is 1. The zero-order chi connectivity index (χ0) is 13.5. The number of nitrogens with two attached hydrogens (primary N) is 1. The van der Waals surface area contributed by atoms with Crippen molar-refractivity contribution in [2.24, 2.45) is 5.73 Å². The standard InChI is InChI=1S/C14H22N2O2/c1-11(2)16(9-5-8-15)14(17)12-6-4-7-13(10-12)18-3/h4,6-7,10-11H,5,8-9,15H2,1-3H3. The van der Waals surface area contributed by atoms with Gasteiger partial charge in [0.05, 0.1) is 7.11 Å². The highest BCUT2D eigenvalue weighted by Gasteiger charge is 2.18. The second-order valence-electron chi connectivity index (χ2n) is 4.47. The van der Waals surface area contributed by atoms with Crippen LogP contribution in [0.2, 0.25) is 0 Å². The maximum Gasteiger partial charge on any atom is 0.254 e. The molecule has 0 aliphatic carbocycles. The first-order valence-electron chi connectivity index (χ1n) is 6.25. The van der Waals surface area contributed by atoms with Crippen LogP contribution in [0.5, 0.6) is 5.75 Å². The van der Waals surface area contributed by atoms with E-state index in [0.717, 1.165) is 6.42 Å². The van der Waals surface area contributed by atoms with Gasteiger partial charge in [-0.15, -0.1) is 0 Å². The number of carbonyl (C=O) groups is 1. The third-order valence-corrected chi connectivity index (χ3v) is 2.80. The second kappa shape index (κ2) is 7.01. The zero-order valence-corrected chi connectivity index (χ0v) is 11.3. The van der Waals surface area contributed by atoms with Crippen molar-refractivity contribution in [2.45, 2.75) is 26.3 Å². The van der Waals surface area contributed by atoms with Crippen LogP contribution >= 0.6 is 0 Å². The molecule has 0 bridgehead atoms. The van der Waals surface area contributed by atoms with Gasteiger partial charge in [0, 0.05) is 18.2 Å². The second-order valence-corrected chi connectivity index (χ2v) is 4.47. The van der Waals surface area contributed by atoms with Crippen LogP contribution in [-0.4, -0.2) is 37.0 Å². The van der Waals surface area contributed by atoms with Crippen molar-refractivity contribution in [1.29, 1.82) is 0 Å². The van der Waals surface area contributed by atoms with Crippen LogP contribution in [0.1, 0.15) is 30.6 Å². The lowest BCUT2D eigenvalue weighted by Crippen LogP contribution is -2.38. The SMILES string of the molecule is COc1cccc(C(=O)N(CCCN)C(C)C)c1. The van der Waals surface area contributed by atoms with Crippen molar-refractivity contribution in [1.82, 2.24) is 4.90 Å². The van der Waals surface area contributed by atoms with E-state index < -0.39 is 0 Å². The molecule has 4 nitrogen and oxygen atoms in total. The number of hydrogen-bond donors (Lipinski definition) is 1. The maximum absolute atomic E-state index is 12.4. The number of amides is 1.